The molecule has 5 aromatic rings. The molecule has 6 heteroatoms. The van der Waals surface area contributed by atoms with Gasteiger partial charge in [-0.3, -0.25) is 9.59 Å². The van der Waals surface area contributed by atoms with Crippen molar-refractivity contribution in [1.82, 2.24) is 0 Å². The van der Waals surface area contributed by atoms with Gasteiger partial charge in [0.25, 0.3) is 5.91 Å². The number of anilines is 3. The number of nitrogens with zero attached hydrogens (tertiary/aromatic N) is 1. The fourth-order valence-corrected chi connectivity index (χ4v) is 6.26. The molecule has 0 bridgehead atoms. The lowest BCUT2D eigenvalue weighted by molar-refractivity contribution is -0.118. The fourth-order valence-electron chi connectivity index (χ4n) is 6.07. The number of hydrogen-bond acceptors (Lipinski definition) is 3. The van der Waals surface area contributed by atoms with Crippen LogP contribution in [0.2, 0.25) is 5.02 Å². The maximum atomic E-state index is 13.5. The molecule has 6 rings (SSSR count). The molecule has 1 heterocycles. The third kappa shape index (κ3) is 6.85. The van der Waals surface area contributed by atoms with Crippen LogP contribution in [0, 0.1) is 5.92 Å². The maximum Gasteiger partial charge on any atom is 0.256 e. The molecule has 0 radical (unpaired) electrons. The van der Waals surface area contributed by atoms with E-state index in [-0.39, 0.29) is 23.7 Å². The molecule has 5 aromatic carbocycles. The van der Waals surface area contributed by atoms with Crippen molar-refractivity contribution in [3.05, 3.63) is 150 Å². The van der Waals surface area contributed by atoms with Gasteiger partial charge >= 0.3 is 0 Å². The second-order valence-electron chi connectivity index (χ2n) is 11.1. The predicted octanol–water partition coefficient (Wildman–Crippen LogP) is 8.90. The van der Waals surface area contributed by atoms with Crippen molar-refractivity contribution in [1.29, 1.82) is 0 Å². The van der Waals surface area contributed by atoms with Crippen molar-refractivity contribution in [3.63, 3.8) is 0 Å². The van der Waals surface area contributed by atoms with Crippen molar-refractivity contribution in [2.45, 2.75) is 18.8 Å². The molecule has 1 fully saturated rings. The first kappa shape index (κ1) is 29.2. The number of halogens is 1. The number of nitrogens with one attached hydrogen (secondary N) is 2. The molecule has 0 saturated carbocycles. The van der Waals surface area contributed by atoms with Crippen LogP contribution >= 0.6 is 11.6 Å². The van der Waals surface area contributed by atoms with E-state index < -0.39 is 0 Å². The summed E-state index contributed by atoms with van der Waals surface area (Å²) in [4.78, 5) is 29.2. The number of carbonyl (C=O) groups excluding carboxylic acids is 2. The Labute approximate surface area is 263 Å². The standard InChI is InChI=1S/C38H34ClN3O2/c39-30-13-9-12-29(26-30)34-16-7-8-17-35(34)37(43)40-32-18-20-33(21-19-32)42-24-22-28(23-25-42)36(27-10-3-1-4-11-27)38(44)41-31-14-5-2-6-15-31/h1-21,26,28,36H,22-25H2,(H,40,43)(H,41,44). The molecule has 0 aliphatic carbocycles. The van der Waals surface area contributed by atoms with E-state index in [9.17, 15) is 9.59 Å². The molecule has 1 atom stereocenters. The molecular weight excluding hydrogens is 566 g/mol. The summed E-state index contributed by atoms with van der Waals surface area (Å²) in [7, 11) is 0. The van der Waals surface area contributed by atoms with Crippen LogP contribution in [-0.2, 0) is 4.79 Å². The van der Waals surface area contributed by atoms with E-state index in [1.165, 1.54) is 0 Å². The highest BCUT2D eigenvalue weighted by molar-refractivity contribution is 6.30. The summed E-state index contributed by atoms with van der Waals surface area (Å²) in [6, 6.07) is 42.8. The molecule has 220 valence electrons. The quantitative estimate of drug-likeness (QED) is 0.187. The number of amides is 2. The minimum Gasteiger partial charge on any atom is -0.372 e. The highest BCUT2D eigenvalue weighted by atomic mass is 35.5. The predicted molar refractivity (Wildman–Crippen MR) is 180 cm³/mol. The van der Waals surface area contributed by atoms with Crippen LogP contribution in [0.1, 0.15) is 34.7 Å². The molecule has 1 aliphatic rings. The topological polar surface area (TPSA) is 61.4 Å². The average Bonchev–Trinajstić information content (AvgIpc) is 3.06. The second kappa shape index (κ2) is 13.6. The van der Waals surface area contributed by atoms with E-state index >= 15 is 0 Å². The van der Waals surface area contributed by atoms with E-state index in [0.29, 0.717) is 10.6 Å². The zero-order valence-corrected chi connectivity index (χ0v) is 25.1. The SMILES string of the molecule is O=C(Nc1ccc(N2CCC(C(C(=O)Nc3ccccc3)c3ccccc3)CC2)cc1)c1ccccc1-c1cccc(Cl)c1. The van der Waals surface area contributed by atoms with E-state index in [0.717, 1.165) is 59.7 Å². The fraction of sp³-hybridized carbons (Fsp3) is 0.158. The van der Waals surface area contributed by atoms with Gasteiger partial charge in [0.2, 0.25) is 5.91 Å². The molecule has 0 spiro atoms. The first-order chi connectivity index (χ1) is 21.5. The van der Waals surface area contributed by atoms with Crippen molar-refractivity contribution in [3.8, 4) is 11.1 Å². The number of hydrogen-bond donors (Lipinski definition) is 2. The summed E-state index contributed by atoms with van der Waals surface area (Å²) in [6.45, 7) is 1.71. The normalized spacial score (nSPS) is 14.1. The Morgan fingerprint density at radius 3 is 2.02 bits per heavy atom. The van der Waals surface area contributed by atoms with E-state index in [4.69, 9.17) is 11.6 Å². The number of benzene rings is 5. The lowest BCUT2D eigenvalue weighted by atomic mass is 9.79. The minimum absolute atomic E-state index is 0.0397. The first-order valence-electron chi connectivity index (χ1n) is 15.0. The van der Waals surface area contributed by atoms with Gasteiger partial charge in [-0.25, -0.2) is 0 Å². The average molecular weight is 600 g/mol. The molecule has 1 unspecified atom stereocenters. The molecule has 0 aromatic heterocycles. The van der Waals surface area contributed by atoms with Crippen LogP contribution in [0.15, 0.2) is 133 Å². The van der Waals surface area contributed by atoms with Crippen molar-refractivity contribution in [2.75, 3.05) is 28.6 Å². The maximum absolute atomic E-state index is 13.5. The van der Waals surface area contributed by atoms with Crippen LogP contribution in [0.4, 0.5) is 17.1 Å². The third-order valence-corrected chi connectivity index (χ3v) is 8.53. The van der Waals surface area contributed by atoms with Gasteiger partial charge in [-0.1, -0.05) is 90.5 Å². The number of carbonyl (C=O) groups is 2. The summed E-state index contributed by atoms with van der Waals surface area (Å²) >= 11 is 6.21. The lowest BCUT2D eigenvalue weighted by Crippen LogP contribution is -2.38. The molecule has 2 amide bonds. The van der Waals surface area contributed by atoms with E-state index in [2.05, 4.69) is 39.8 Å². The Morgan fingerprint density at radius 2 is 1.32 bits per heavy atom. The Balaban J connectivity index is 1.11. The van der Waals surface area contributed by atoms with Crippen LogP contribution < -0.4 is 15.5 Å². The van der Waals surface area contributed by atoms with Crippen LogP contribution in [-0.4, -0.2) is 24.9 Å². The second-order valence-corrected chi connectivity index (χ2v) is 11.6. The zero-order chi connectivity index (χ0) is 30.3. The van der Waals surface area contributed by atoms with Gasteiger partial charge < -0.3 is 15.5 Å². The molecule has 2 N–H and O–H groups in total. The van der Waals surface area contributed by atoms with Gasteiger partial charge in [-0.05, 0) is 90.0 Å². The lowest BCUT2D eigenvalue weighted by Gasteiger charge is -2.37. The van der Waals surface area contributed by atoms with Crippen LogP contribution in [0.25, 0.3) is 11.1 Å². The summed E-state index contributed by atoms with van der Waals surface area (Å²) in [5, 5.41) is 6.82. The monoisotopic (exact) mass is 599 g/mol. The highest BCUT2D eigenvalue weighted by Crippen LogP contribution is 2.35. The third-order valence-electron chi connectivity index (χ3n) is 8.29. The summed E-state index contributed by atoms with van der Waals surface area (Å²) in [6.07, 6.45) is 1.81. The zero-order valence-electron chi connectivity index (χ0n) is 24.3. The van der Waals surface area contributed by atoms with Crippen molar-refractivity contribution < 1.29 is 9.59 Å². The Kier molecular flexibility index (Phi) is 9.04. The molecule has 1 aliphatic heterocycles. The van der Waals surface area contributed by atoms with Gasteiger partial charge in [0.05, 0.1) is 5.92 Å². The van der Waals surface area contributed by atoms with E-state index in [1.807, 2.05) is 109 Å². The molecular formula is C38H34ClN3O2. The Morgan fingerprint density at radius 1 is 0.682 bits per heavy atom. The van der Waals surface area contributed by atoms with Gasteiger partial charge in [-0.15, -0.1) is 0 Å². The first-order valence-corrected chi connectivity index (χ1v) is 15.3. The van der Waals surface area contributed by atoms with Gasteiger partial charge in [0.1, 0.15) is 0 Å². The summed E-state index contributed by atoms with van der Waals surface area (Å²) < 4.78 is 0. The molecule has 1 saturated heterocycles. The number of rotatable bonds is 8. The summed E-state index contributed by atoms with van der Waals surface area (Å²) in [5.74, 6) is -0.117. The number of para-hydroxylation sites is 1. The van der Waals surface area contributed by atoms with Gasteiger partial charge in [0, 0.05) is 40.7 Å². The number of piperidine rings is 1. The Hall–Kier alpha value is -4.87. The van der Waals surface area contributed by atoms with Gasteiger partial charge in [-0.2, -0.15) is 0 Å². The Bertz CT molecular complexity index is 1720. The summed E-state index contributed by atoms with van der Waals surface area (Å²) in [5.41, 5.74) is 6.02. The van der Waals surface area contributed by atoms with E-state index in [1.54, 1.807) is 0 Å². The molecule has 44 heavy (non-hydrogen) atoms. The molecule has 5 nitrogen and oxygen atoms in total. The minimum atomic E-state index is -0.217. The largest absolute Gasteiger partial charge is 0.372 e. The van der Waals surface area contributed by atoms with Crippen molar-refractivity contribution in [2.24, 2.45) is 5.92 Å². The van der Waals surface area contributed by atoms with Crippen LogP contribution in [0.5, 0.6) is 0 Å². The van der Waals surface area contributed by atoms with Crippen molar-refractivity contribution >= 4 is 40.5 Å². The highest BCUT2D eigenvalue weighted by Gasteiger charge is 2.33. The van der Waals surface area contributed by atoms with Crippen LogP contribution in [0.3, 0.4) is 0 Å². The smallest absolute Gasteiger partial charge is 0.256 e. The van der Waals surface area contributed by atoms with Gasteiger partial charge in [0.15, 0.2) is 0 Å².